The third kappa shape index (κ3) is 4.68. The van der Waals surface area contributed by atoms with Gasteiger partial charge in [0.2, 0.25) is 0 Å². The standard InChI is InChI=1S/C17H34N2O2/c1-5-14(4)13-19(7-3)12-10-15-9-8-11-17(15,16(20)21)18-6-2/h14-15,18H,5-13H2,1-4H3,(H,20,21). The minimum absolute atomic E-state index is 0.265. The Morgan fingerprint density at radius 1 is 1.43 bits per heavy atom. The van der Waals surface area contributed by atoms with Crippen molar-refractivity contribution in [3.8, 4) is 0 Å². The fourth-order valence-electron chi connectivity index (χ4n) is 3.66. The van der Waals surface area contributed by atoms with Gasteiger partial charge in [-0.1, -0.05) is 40.5 Å². The highest BCUT2D eigenvalue weighted by molar-refractivity contribution is 5.79. The van der Waals surface area contributed by atoms with Crippen molar-refractivity contribution in [2.75, 3.05) is 26.2 Å². The summed E-state index contributed by atoms with van der Waals surface area (Å²) in [5, 5.41) is 13.0. The van der Waals surface area contributed by atoms with Crippen LogP contribution in [0.5, 0.6) is 0 Å². The molecular weight excluding hydrogens is 264 g/mol. The second-order valence-electron chi connectivity index (χ2n) is 6.59. The van der Waals surface area contributed by atoms with Gasteiger partial charge in [0.25, 0.3) is 0 Å². The quantitative estimate of drug-likeness (QED) is 0.651. The summed E-state index contributed by atoms with van der Waals surface area (Å²) in [6, 6.07) is 0. The number of aliphatic carboxylic acids is 1. The smallest absolute Gasteiger partial charge is 0.324 e. The lowest BCUT2D eigenvalue weighted by molar-refractivity contribution is -0.146. The molecular formula is C17H34N2O2. The van der Waals surface area contributed by atoms with E-state index in [0.29, 0.717) is 5.92 Å². The molecule has 1 aliphatic rings. The Hall–Kier alpha value is -0.610. The Balaban J connectivity index is 2.61. The van der Waals surface area contributed by atoms with E-state index in [-0.39, 0.29) is 5.92 Å². The first-order valence-electron chi connectivity index (χ1n) is 8.70. The number of carboxylic acid groups (broad SMARTS) is 1. The molecule has 4 heteroatoms. The van der Waals surface area contributed by atoms with E-state index in [4.69, 9.17) is 0 Å². The molecule has 0 radical (unpaired) electrons. The maximum atomic E-state index is 11.8. The molecule has 21 heavy (non-hydrogen) atoms. The lowest BCUT2D eigenvalue weighted by Crippen LogP contribution is -2.55. The Bertz CT molecular complexity index is 322. The second-order valence-corrected chi connectivity index (χ2v) is 6.59. The molecule has 0 amide bonds. The predicted molar refractivity (Wildman–Crippen MR) is 87.6 cm³/mol. The average molecular weight is 298 g/mol. The minimum Gasteiger partial charge on any atom is -0.480 e. The number of hydrogen-bond donors (Lipinski definition) is 2. The maximum Gasteiger partial charge on any atom is 0.324 e. The van der Waals surface area contributed by atoms with Gasteiger partial charge in [-0.25, -0.2) is 0 Å². The van der Waals surface area contributed by atoms with Gasteiger partial charge in [-0.3, -0.25) is 4.79 Å². The molecule has 2 N–H and O–H groups in total. The minimum atomic E-state index is -0.676. The van der Waals surface area contributed by atoms with Gasteiger partial charge in [0, 0.05) is 6.54 Å². The molecule has 0 heterocycles. The Kier molecular flexibility index (Phi) is 7.67. The van der Waals surface area contributed by atoms with Crippen LogP contribution in [0, 0.1) is 11.8 Å². The first-order valence-corrected chi connectivity index (χ1v) is 8.70. The molecule has 0 bridgehead atoms. The van der Waals surface area contributed by atoms with E-state index in [1.165, 1.54) is 6.42 Å². The third-order valence-electron chi connectivity index (χ3n) is 5.20. The predicted octanol–water partition coefficient (Wildman–Crippen LogP) is 2.98. The Morgan fingerprint density at radius 2 is 2.14 bits per heavy atom. The topological polar surface area (TPSA) is 52.6 Å². The molecule has 4 nitrogen and oxygen atoms in total. The van der Waals surface area contributed by atoms with Crippen LogP contribution in [0.3, 0.4) is 0 Å². The summed E-state index contributed by atoms with van der Waals surface area (Å²) in [5.41, 5.74) is -0.676. The van der Waals surface area contributed by atoms with Gasteiger partial charge in [0.1, 0.15) is 5.54 Å². The normalized spacial score (nSPS) is 27.2. The fraction of sp³-hybridized carbons (Fsp3) is 0.941. The van der Waals surface area contributed by atoms with Crippen LogP contribution >= 0.6 is 0 Å². The SMILES string of the molecule is CCNC1(C(=O)O)CCCC1CCN(CC)CC(C)CC. The van der Waals surface area contributed by atoms with Crippen molar-refractivity contribution in [2.24, 2.45) is 11.8 Å². The summed E-state index contributed by atoms with van der Waals surface area (Å²) in [5.74, 6) is 0.323. The van der Waals surface area contributed by atoms with E-state index in [2.05, 4.69) is 31.0 Å². The van der Waals surface area contributed by atoms with Crippen molar-refractivity contribution in [3.05, 3.63) is 0 Å². The molecule has 0 saturated heterocycles. The largest absolute Gasteiger partial charge is 0.480 e. The molecule has 1 fully saturated rings. The first-order chi connectivity index (χ1) is 10.00. The molecule has 3 atom stereocenters. The molecule has 0 spiro atoms. The van der Waals surface area contributed by atoms with Gasteiger partial charge in [-0.2, -0.15) is 0 Å². The van der Waals surface area contributed by atoms with Crippen molar-refractivity contribution in [2.45, 2.75) is 65.3 Å². The number of nitrogens with one attached hydrogen (secondary N) is 1. The van der Waals surface area contributed by atoms with Gasteiger partial charge in [0.15, 0.2) is 0 Å². The molecule has 0 aliphatic heterocycles. The Morgan fingerprint density at radius 3 is 2.67 bits per heavy atom. The molecule has 1 saturated carbocycles. The highest BCUT2D eigenvalue weighted by Crippen LogP contribution is 2.38. The zero-order chi connectivity index (χ0) is 15.9. The third-order valence-corrected chi connectivity index (χ3v) is 5.20. The molecule has 3 unspecified atom stereocenters. The van der Waals surface area contributed by atoms with Crippen LogP contribution in [0.4, 0.5) is 0 Å². The average Bonchev–Trinajstić information content (AvgIpc) is 2.87. The van der Waals surface area contributed by atoms with E-state index < -0.39 is 11.5 Å². The van der Waals surface area contributed by atoms with E-state index in [0.717, 1.165) is 51.9 Å². The van der Waals surface area contributed by atoms with Crippen molar-refractivity contribution >= 4 is 5.97 Å². The number of hydrogen-bond acceptors (Lipinski definition) is 3. The summed E-state index contributed by atoms with van der Waals surface area (Å²) in [7, 11) is 0. The van der Waals surface area contributed by atoms with Crippen LogP contribution in [-0.4, -0.2) is 47.7 Å². The number of carboxylic acids is 1. The lowest BCUT2D eigenvalue weighted by Gasteiger charge is -2.34. The number of nitrogens with zero attached hydrogens (tertiary/aromatic N) is 1. The molecule has 0 aromatic heterocycles. The van der Waals surface area contributed by atoms with Crippen molar-refractivity contribution in [1.29, 1.82) is 0 Å². The van der Waals surface area contributed by atoms with E-state index >= 15 is 0 Å². The lowest BCUT2D eigenvalue weighted by atomic mass is 9.84. The number of likely N-dealkylation sites (N-methyl/N-ethyl adjacent to an activating group) is 1. The van der Waals surface area contributed by atoms with E-state index in [1.54, 1.807) is 0 Å². The monoisotopic (exact) mass is 298 g/mol. The van der Waals surface area contributed by atoms with Gasteiger partial charge in [0.05, 0.1) is 0 Å². The van der Waals surface area contributed by atoms with Crippen molar-refractivity contribution in [3.63, 3.8) is 0 Å². The molecule has 1 rings (SSSR count). The van der Waals surface area contributed by atoms with Gasteiger partial charge in [-0.05, 0) is 50.7 Å². The second kappa shape index (κ2) is 8.74. The highest BCUT2D eigenvalue weighted by atomic mass is 16.4. The summed E-state index contributed by atoms with van der Waals surface area (Å²) < 4.78 is 0. The summed E-state index contributed by atoms with van der Waals surface area (Å²) in [6.45, 7) is 12.7. The van der Waals surface area contributed by atoms with Crippen LogP contribution in [0.1, 0.15) is 59.8 Å². The van der Waals surface area contributed by atoms with Gasteiger partial charge in [-0.15, -0.1) is 0 Å². The van der Waals surface area contributed by atoms with E-state index in [9.17, 15) is 9.90 Å². The van der Waals surface area contributed by atoms with Crippen LogP contribution < -0.4 is 5.32 Å². The molecule has 0 aromatic rings. The summed E-state index contributed by atoms with van der Waals surface area (Å²) in [6.07, 6.45) is 5.04. The zero-order valence-corrected chi connectivity index (χ0v) is 14.3. The molecule has 1 aliphatic carbocycles. The van der Waals surface area contributed by atoms with Crippen LogP contribution in [-0.2, 0) is 4.79 Å². The van der Waals surface area contributed by atoms with Crippen LogP contribution in [0.25, 0.3) is 0 Å². The Labute approximate surface area is 130 Å². The van der Waals surface area contributed by atoms with E-state index in [1.807, 2.05) is 6.92 Å². The van der Waals surface area contributed by atoms with Crippen molar-refractivity contribution < 1.29 is 9.90 Å². The molecule has 124 valence electrons. The molecule has 0 aromatic carbocycles. The number of carbonyl (C=O) groups is 1. The van der Waals surface area contributed by atoms with Crippen molar-refractivity contribution in [1.82, 2.24) is 10.2 Å². The number of rotatable bonds is 10. The summed E-state index contributed by atoms with van der Waals surface area (Å²) >= 11 is 0. The zero-order valence-electron chi connectivity index (χ0n) is 14.3. The maximum absolute atomic E-state index is 11.8. The highest BCUT2D eigenvalue weighted by Gasteiger charge is 2.48. The van der Waals surface area contributed by atoms with Crippen LogP contribution in [0.2, 0.25) is 0 Å². The summed E-state index contributed by atoms with van der Waals surface area (Å²) in [4.78, 5) is 14.3. The fourth-order valence-corrected chi connectivity index (χ4v) is 3.66. The van der Waals surface area contributed by atoms with Gasteiger partial charge >= 0.3 is 5.97 Å². The van der Waals surface area contributed by atoms with Crippen LogP contribution in [0.15, 0.2) is 0 Å². The first kappa shape index (κ1) is 18.4. The van der Waals surface area contributed by atoms with Gasteiger partial charge < -0.3 is 15.3 Å².